The Balaban J connectivity index is 1.63. The molecule has 142 valence electrons. The summed E-state index contributed by atoms with van der Waals surface area (Å²) < 4.78 is 5.26. The van der Waals surface area contributed by atoms with Crippen molar-refractivity contribution >= 4 is 17.3 Å². The summed E-state index contributed by atoms with van der Waals surface area (Å²) in [6, 6.07) is 8.07. The van der Waals surface area contributed by atoms with E-state index in [4.69, 9.17) is 17.0 Å². The molecular weight excluding hydrogens is 344 g/mol. The number of nitrogens with zero attached hydrogens (tertiary/aromatic N) is 1. The molecule has 0 unspecified atom stereocenters. The first-order valence-electron chi connectivity index (χ1n) is 10.0. The summed E-state index contributed by atoms with van der Waals surface area (Å²) in [5.74, 6) is 1.11. The van der Waals surface area contributed by atoms with Gasteiger partial charge in [-0.15, -0.1) is 0 Å². The second kappa shape index (κ2) is 7.01. The zero-order valence-corrected chi connectivity index (χ0v) is 16.5. The van der Waals surface area contributed by atoms with Gasteiger partial charge in [-0.05, 0) is 62.0 Å². The number of hydrogen-bond donors (Lipinski definition) is 2. The normalized spacial score (nSPS) is 30.6. The average Bonchev–Trinajstić information content (AvgIpc) is 2.66. The molecule has 0 aromatic heterocycles. The van der Waals surface area contributed by atoms with E-state index in [0.717, 1.165) is 48.5 Å². The topological polar surface area (TPSA) is 44.7 Å². The van der Waals surface area contributed by atoms with Crippen LogP contribution in [0.15, 0.2) is 24.3 Å². The molecule has 2 saturated carbocycles. The number of fused-ring (bicyclic) bond motifs is 2. The van der Waals surface area contributed by atoms with Crippen LogP contribution in [0.25, 0.3) is 0 Å². The molecule has 1 heterocycles. The third-order valence-corrected chi connectivity index (χ3v) is 7.15. The molecule has 26 heavy (non-hydrogen) atoms. The molecule has 1 aromatic carbocycles. The van der Waals surface area contributed by atoms with E-state index >= 15 is 0 Å². The molecule has 2 atom stereocenters. The van der Waals surface area contributed by atoms with E-state index in [1.807, 2.05) is 12.1 Å². The Kier molecular flexibility index (Phi) is 4.86. The van der Waals surface area contributed by atoms with Crippen molar-refractivity contribution in [3.05, 3.63) is 29.8 Å². The third kappa shape index (κ3) is 2.99. The molecule has 1 spiro atoms. The first-order valence-corrected chi connectivity index (χ1v) is 10.4. The molecule has 1 aromatic rings. The average molecular weight is 375 g/mol. The number of methoxy groups -OCH3 is 1. The third-order valence-electron chi connectivity index (χ3n) is 6.83. The number of nitrogens with one attached hydrogen (secondary N) is 1. The van der Waals surface area contributed by atoms with E-state index in [0.29, 0.717) is 6.54 Å². The lowest BCUT2D eigenvalue weighted by Crippen LogP contribution is -2.75. The SMILES string of the molecule is COc1ccc(CN2C(=S)NC3(CCCCC3)[C@@H]3CCCC[C@@]32O)cc1. The summed E-state index contributed by atoms with van der Waals surface area (Å²) in [6.45, 7) is 0.638. The number of benzene rings is 1. The van der Waals surface area contributed by atoms with Crippen LogP contribution >= 0.6 is 12.2 Å². The highest BCUT2D eigenvalue weighted by molar-refractivity contribution is 7.80. The molecule has 1 aliphatic heterocycles. The Morgan fingerprint density at radius 3 is 2.50 bits per heavy atom. The first kappa shape index (κ1) is 18.1. The van der Waals surface area contributed by atoms with Crippen molar-refractivity contribution < 1.29 is 9.84 Å². The number of ether oxygens (including phenoxy) is 1. The lowest BCUT2D eigenvalue weighted by molar-refractivity contribution is -0.184. The van der Waals surface area contributed by atoms with Crippen LogP contribution in [0.4, 0.5) is 0 Å². The van der Waals surface area contributed by atoms with E-state index in [2.05, 4.69) is 22.3 Å². The van der Waals surface area contributed by atoms with Crippen LogP contribution in [0, 0.1) is 5.92 Å². The van der Waals surface area contributed by atoms with E-state index in [9.17, 15) is 5.11 Å². The summed E-state index contributed by atoms with van der Waals surface area (Å²) in [5.41, 5.74) is 0.325. The summed E-state index contributed by atoms with van der Waals surface area (Å²) in [4.78, 5) is 2.06. The fourth-order valence-electron chi connectivity index (χ4n) is 5.50. The van der Waals surface area contributed by atoms with E-state index in [1.165, 1.54) is 25.7 Å². The molecule has 4 rings (SSSR count). The van der Waals surface area contributed by atoms with Crippen molar-refractivity contribution in [3.63, 3.8) is 0 Å². The van der Waals surface area contributed by atoms with Gasteiger partial charge in [-0.2, -0.15) is 0 Å². The van der Waals surface area contributed by atoms with Gasteiger partial charge in [-0.25, -0.2) is 0 Å². The minimum Gasteiger partial charge on any atom is -0.497 e. The second-order valence-corrected chi connectivity index (χ2v) is 8.64. The molecule has 0 amide bonds. The highest BCUT2D eigenvalue weighted by Crippen LogP contribution is 2.50. The van der Waals surface area contributed by atoms with Gasteiger partial charge in [0.05, 0.1) is 7.11 Å². The van der Waals surface area contributed by atoms with Gasteiger partial charge in [0, 0.05) is 18.0 Å². The molecule has 3 aliphatic rings. The second-order valence-electron chi connectivity index (χ2n) is 8.26. The van der Waals surface area contributed by atoms with Gasteiger partial charge in [0.2, 0.25) is 0 Å². The van der Waals surface area contributed by atoms with Gasteiger partial charge in [0.1, 0.15) is 11.5 Å². The van der Waals surface area contributed by atoms with Crippen LogP contribution in [-0.4, -0.2) is 33.5 Å². The van der Waals surface area contributed by atoms with Crippen molar-refractivity contribution in [1.29, 1.82) is 0 Å². The van der Waals surface area contributed by atoms with Gasteiger partial charge < -0.3 is 20.1 Å². The van der Waals surface area contributed by atoms with E-state index in [1.54, 1.807) is 7.11 Å². The maximum Gasteiger partial charge on any atom is 0.171 e. The minimum atomic E-state index is -0.822. The molecule has 4 nitrogen and oxygen atoms in total. The number of hydrogen-bond acceptors (Lipinski definition) is 3. The van der Waals surface area contributed by atoms with Crippen LogP contribution < -0.4 is 10.1 Å². The van der Waals surface area contributed by atoms with Crippen molar-refractivity contribution in [2.24, 2.45) is 5.92 Å². The maximum absolute atomic E-state index is 11.9. The first-order chi connectivity index (χ1) is 12.6. The summed E-state index contributed by atoms with van der Waals surface area (Å²) in [7, 11) is 1.68. The fourth-order valence-corrected chi connectivity index (χ4v) is 5.93. The van der Waals surface area contributed by atoms with Crippen molar-refractivity contribution in [2.75, 3.05) is 7.11 Å². The molecule has 0 bridgehead atoms. The number of thiocarbonyl (C=S) groups is 1. The zero-order chi connectivity index (χ0) is 18.2. The highest BCUT2D eigenvalue weighted by Gasteiger charge is 2.58. The Bertz CT molecular complexity index is 656. The molecule has 3 fully saturated rings. The maximum atomic E-state index is 11.9. The Hall–Kier alpha value is -1.33. The largest absolute Gasteiger partial charge is 0.497 e. The zero-order valence-electron chi connectivity index (χ0n) is 15.7. The van der Waals surface area contributed by atoms with Crippen molar-refractivity contribution in [2.45, 2.75) is 75.6 Å². The lowest BCUT2D eigenvalue weighted by atomic mass is 9.62. The molecule has 0 radical (unpaired) electrons. The van der Waals surface area contributed by atoms with Gasteiger partial charge in [-0.1, -0.05) is 37.8 Å². The Morgan fingerprint density at radius 1 is 1.12 bits per heavy atom. The Morgan fingerprint density at radius 2 is 1.81 bits per heavy atom. The van der Waals surface area contributed by atoms with Crippen LogP contribution in [0.1, 0.15) is 63.4 Å². The fraction of sp³-hybridized carbons (Fsp3) is 0.667. The molecule has 2 aliphatic carbocycles. The monoisotopic (exact) mass is 374 g/mol. The molecular formula is C21H30N2O2S. The standard InChI is InChI=1S/C21H30N2O2S/c1-25-17-10-8-16(9-11-17)15-23-19(26)22-20(12-4-2-5-13-20)18-7-3-6-14-21(18,23)24/h8-11,18,24H,2-7,12-15H2,1H3,(H,22,26)/t18-,21+/m0/s1. The van der Waals surface area contributed by atoms with Gasteiger partial charge in [-0.3, -0.25) is 0 Å². The van der Waals surface area contributed by atoms with Crippen LogP contribution in [-0.2, 0) is 6.54 Å². The summed E-state index contributed by atoms with van der Waals surface area (Å²) in [6.07, 6.45) is 10.2. The number of rotatable bonds is 3. The minimum absolute atomic E-state index is 0.000904. The quantitative estimate of drug-likeness (QED) is 0.784. The van der Waals surface area contributed by atoms with E-state index in [-0.39, 0.29) is 11.5 Å². The van der Waals surface area contributed by atoms with Crippen LogP contribution in [0.5, 0.6) is 5.75 Å². The number of aliphatic hydroxyl groups is 1. The van der Waals surface area contributed by atoms with Crippen LogP contribution in [0.2, 0.25) is 0 Å². The smallest absolute Gasteiger partial charge is 0.171 e. The summed E-state index contributed by atoms with van der Waals surface area (Å²) in [5, 5.41) is 16.3. The van der Waals surface area contributed by atoms with Crippen LogP contribution in [0.3, 0.4) is 0 Å². The van der Waals surface area contributed by atoms with Crippen molar-refractivity contribution in [1.82, 2.24) is 10.2 Å². The van der Waals surface area contributed by atoms with Gasteiger partial charge in [0.15, 0.2) is 5.11 Å². The van der Waals surface area contributed by atoms with Crippen molar-refractivity contribution in [3.8, 4) is 5.75 Å². The molecule has 2 N–H and O–H groups in total. The highest BCUT2D eigenvalue weighted by atomic mass is 32.1. The Labute approximate surface area is 161 Å². The molecule has 5 heteroatoms. The lowest BCUT2D eigenvalue weighted by Gasteiger charge is -2.61. The predicted octanol–water partition coefficient (Wildman–Crippen LogP) is 3.97. The van der Waals surface area contributed by atoms with Gasteiger partial charge >= 0.3 is 0 Å². The molecule has 1 saturated heterocycles. The van der Waals surface area contributed by atoms with E-state index < -0.39 is 5.72 Å². The predicted molar refractivity (Wildman–Crippen MR) is 107 cm³/mol. The summed E-state index contributed by atoms with van der Waals surface area (Å²) >= 11 is 5.80. The van der Waals surface area contributed by atoms with Gasteiger partial charge in [0.25, 0.3) is 0 Å².